The van der Waals surface area contributed by atoms with Crippen molar-refractivity contribution < 1.29 is 17.9 Å². The zero-order valence-corrected chi connectivity index (χ0v) is 11.8. The molecule has 1 aromatic carbocycles. The average Bonchev–Trinajstić information content (AvgIpc) is 2.39. The van der Waals surface area contributed by atoms with Gasteiger partial charge in [0.1, 0.15) is 5.75 Å². The maximum Gasteiger partial charge on any atom is 0.573 e. The number of hydrogen-bond donors (Lipinski definition) is 2. The highest BCUT2D eigenvalue weighted by molar-refractivity contribution is 5.27. The first kappa shape index (κ1) is 16.8. The third kappa shape index (κ3) is 5.79. The van der Waals surface area contributed by atoms with Crippen LogP contribution in [0.5, 0.6) is 5.75 Å². The first-order valence-corrected chi connectivity index (χ1v) is 6.62. The second kappa shape index (κ2) is 6.95. The van der Waals surface area contributed by atoms with Crippen LogP contribution >= 0.6 is 0 Å². The second-order valence-electron chi connectivity index (χ2n) is 4.86. The fourth-order valence-corrected chi connectivity index (χ4v) is 1.76. The van der Waals surface area contributed by atoms with E-state index in [2.05, 4.69) is 10.1 Å². The van der Waals surface area contributed by atoms with Gasteiger partial charge in [0, 0.05) is 18.6 Å². The normalized spacial score (nSPS) is 12.5. The van der Waals surface area contributed by atoms with E-state index in [1.54, 1.807) is 12.1 Å². The molecule has 0 aromatic heterocycles. The molecule has 1 rings (SSSR count). The molecule has 0 saturated heterocycles. The van der Waals surface area contributed by atoms with E-state index >= 15 is 0 Å². The maximum atomic E-state index is 12.0. The van der Waals surface area contributed by atoms with Gasteiger partial charge in [-0.15, -0.1) is 13.2 Å². The summed E-state index contributed by atoms with van der Waals surface area (Å²) in [6.45, 7) is 5.30. The van der Waals surface area contributed by atoms with E-state index in [1.165, 1.54) is 12.1 Å². The van der Waals surface area contributed by atoms with Gasteiger partial charge in [0.15, 0.2) is 0 Å². The lowest BCUT2D eigenvalue weighted by molar-refractivity contribution is -0.274. The number of nitrogens with one attached hydrogen (secondary N) is 1. The minimum atomic E-state index is -4.65. The minimum Gasteiger partial charge on any atom is -0.406 e. The highest BCUT2D eigenvalue weighted by atomic mass is 19.4. The number of nitrogens with two attached hydrogens (primary N) is 1. The van der Waals surface area contributed by atoms with Crippen molar-refractivity contribution in [3.8, 4) is 5.75 Å². The van der Waals surface area contributed by atoms with Gasteiger partial charge in [-0.25, -0.2) is 0 Å². The molecule has 0 bridgehead atoms. The van der Waals surface area contributed by atoms with Gasteiger partial charge in [0.25, 0.3) is 0 Å². The molecule has 114 valence electrons. The highest BCUT2D eigenvalue weighted by Crippen LogP contribution is 2.22. The Hall–Kier alpha value is -1.27. The third-order valence-corrected chi connectivity index (χ3v) is 3.37. The van der Waals surface area contributed by atoms with Gasteiger partial charge in [0.05, 0.1) is 0 Å². The summed E-state index contributed by atoms with van der Waals surface area (Å²) in [5.74, 6) is -0.212. The zero-order chi connectivity index (χ0) is 15.2. The van der Waals surface area contributed by atoms with Crippen LogP contribution < -0.4 is 15.8 Å². The molecular formula is C14H21F3N2O. The van der Waals surface area contributed by atoms with Gasteiger partial charge in [-0.1, -0.05) is 26.0 Å². The molecule has 1 aromatic rings. The van der Waals surface area contributed by atoms with Crippen molar-refractivity contribution in [2.24, 2.45) is 5.73 Å². The van der Waals surface area contributed by atoms with Crippen LogP contribution in [0.25, 0.3) is 0 Å². The Balaban J connectivity index is 2.46. The quantitative estimate of drug-likeness (QED) is 0.810. The van der Waals surface area contributed by atoms with Crippen LogP contribution in [0.4, 0.5) is 13.2 Å². The standard InChI is InChI=1S/C14H21F3N2O/c1-3-13(18,4-2)10-19-9-11-5-7-12(8-6-11)20-14(15,16)17/h5-8,19H,3-4,9-10,18H2,1-2H3. The second-order valence-corrected chi connectivity index (χ2v) is 4.86. The third-order valence-electron chi connectivity index (χ3n) is 3.37. The summed E-state index contributed by atoms with van der Waals surface area (Å²) >= 11 is 0. The number of rotatable bonds is 7. The summed E-state index contributed by atoms with van der Waals surface area (Å²) in [7, 11) is 0. The molecule has 20 heavy (non-hydrogen) atoms. The van der Waals surface area contributed by atoms with Gasteiger partial charge >= 0.3 is 6.36 Å². The van der Waals surface area contributed by atoms with Crippen LogP contribution in [0.1, 0.15) is 32.3 Å². The number of benzene rings is 1. The van der Waals surface area contributed by atoms with Gasteiger partial charge in [0.2, 0.25) is 0 Å². The predicted octanol–water partition coefficient (Wildman–Crippen LogP) is 3.19. The number of alkyl halides is 3. The Morgan fingerprint density at radius 2 is 1.65 bits per heavy atom. The molecule has 0 unspecified atom stereocenters. The summed E-state index contributed by atoms with van der Waals surface area (Å²) < 4.78 is 39.8. The van der Waals surface area contributed by atoms with E-state index in [0.717, 1.165) is 18.4 Å². The molecule has 0 spiro atoms. The molecule has 0 radical (unpaired) electrons. The molecule has 3 N–H and O–H groups in total. The van der Waals surface area contributed by atoms with E-state index in [0.29, 0.717) is 13.1 Å². The van der Waals surface area contributed by atoms with E-state index in [9.17, 15) is 13.2 Å². The number of hydrogen-bond acceptors (Lipinski definition) is 3. The summed E-state index contributed by atoms with van der Waals surface area (Å²) in [6.07, 6.45) is -2.91. The van der Waals surface area contributed by atoms with Crippen molar-refractivity contribution in [3.63, 3.8) is 0 Å². The Bertz CT molecular complexity index is 400. The Morgan fingerprint density at radius 1 is 1.10 bits per heavy atom. The van der Waals surface area contributed by atoms with Gasteiger partial charge in [-0.05, 0) is 30.5 Å². The molecule has 6 heteroatoms. The predicted molar refractivity (Wildman–Crippen MR) is 72.3 cm³/mol. The summed E-state index contributed by atoms with van der Waals surface area (Å²) in [5, 5.41) is 3.22. The van der Waals surface area contributed by atoms with E-state index in [1.807, 2.05) is 13.8 Å². The molecular weight excluding hydrogens is 269 g/mol. The molecule has 0 aliphatic heterocycles. The largest absolute Gasteiger partial charge is 0.573 e. The fraction of sp³-hybridized carbons (Fsp3) is 0.571. The van der Waals surface area contributed by atoms with Crippen molar-refractivity contribution in [2.45, 2.75) is 45.1 Å². The Labute approximate surface area is 117 Å². The van der Waals surface area contributed by atoms with Crippen LogP contribution in [0.2, 0.25) is 0 Å². The van der Waals surface area contributed by atoms with Crippen molar-refractivity contribution in [3.05, 3.63) is 29.8 Å². The SMILES string of the molecule is CCC(N)(CC)CNCc1ccc(OC(F)(F)F)cc1. The Morgan fingerprint density at radius 3 is 2.10 bits per heavy atom. The maximum absolute atomic E-state index is 12.0. The molecule has 3 nitrogen and oxygen atoms in total. The summed E-state index contributed by atoms with van der Waals surface area (Å²) in [4.78, 5) is 0. The van der Waals surface area contributed by atoms with Gasteiger partial charge in [-0.3, -0.25) is 0 Å². The molecule has 0 saturated carbocycles. The summed E-state index contributed by atoms with van der Waals surface area (Å²) in [5.41, 5.74) is 6.79. The zero-order valence-electron chi connectivity index (χ0n) is 11.8. The van der Waals surface area contributed by atoms with Crippen LogP contribution in [0.15, 0.2) is 24.3 Å². The van der Waals surface area contributed by atoms with Crippen molar-refractivity contribution in [1.82, 2.24) is 5.32 Å². The van der Waals surface area contributed by atoms with Crippen LogP contribution in [-0.4, -0.2) is 18.4 Å². The van der Waals surface area contributed by atoms with Gasteiger partial charge in [-0.2, -0.15) is 0 Å². The van der Waals surface area contributed by atoms with E-state index in [4.69, 9.17) is 5.73 Å². The first-order valence-electron chi connectivity index (χ1n) is 6.62. The number of ether oxygens (including phenoxy) is 1. The Kier molecular flexibility index (Phi) is 5.83. The van der Waals surface area contributed by atoms with Crippen molar-refractivity contribution in [2.75, 3.05) is 6.54 Å². The first-order chi connectivity index (χ1) is 9.28. The molecule has 0 amide bonds. The monoisotopic (exact) mass is 290 g/mol. The van der Waals surface area contributed by atoms with E-state index < -0.39 is 6.36 Å². The average molecular weight is 290 g/mol. The molecule has 0 aliphatic carbocycles. The van der Waals surface area contributed by atoms with Gasteiger partial charge < -0.3 is 15.8 Å². The topological polar surface area (TPSA) is 47.3 Å². The summed E-state index contributed by atoms with van der Waals surface area (Å²) in [6, 6.07) is 5.81. The van der Waals surface area contributed by atoms with Crippen molar-refractivity contribution >= 4 is 0 Å². The van der Waals surface area contributed by atoms with Crippen LogP contribution in [0, 0.1) is 0 Å². The smallest absolute Gasteiger partial charge is 0.406 e. The van der Waals surface area contributed by atoms with E-state index in [-0.39, 0.29) is 11.3 Å². The highest BCUT2D eigenvalue weighted by Gasteiger charge is 2.30. The van der Waals surface area contributed by atoms with Crippen LogP contribution in [0.3, 0.4) is 0 Å². The lowest BCUT2D eigenvalue weighted by atomic mass is 9.94. The minimum absolute atomic E-state index is 0.212. The molecule has 0 aliphatic rings. The molecule has 0 atom stereocenters. The lowest BCUT2D eigenvalue weighted by Crippen LogP contribution is -2.47. The van der Waals surface area contributed by atoms with Crippen LogP contribution in [-0.2, 0) is 6.54 Å². The molecule has 0 heterocycles. The lowest BCUT2D eigenvalue weighted by Gasteiger charge is -2.27. The van der Waals surface area contributed by atoms with Crippen molar-refractivity contribution in [1.29, 1.82) is 0 Å². The fourth-order valence-electron chi connectivity index (χ4n) is 1.76. The molecule has 0 fully saturated rings. The number of halogens is 3.